The van der Waals surface area contributed by atoms with Crippen LogP contribution in [0.1, 0.15) is 38.3 Å². The third kappa shape index (κ3) is 5.69. The zero-order valence-corrected chi connectivity index (χ0v) is 15.1. The van der Waals surface area contributed by atoms with E-state index in [-0.39, 0.29) is 17.8 Å². The van der Waals surface area contributed by atoms with Crippen LogP contribution in [0.15, 0.2) is 46.4 Å². The average molecular weight is 427 g/mol. The number of amides is 1. The summed E-state index contributed by atoms with van der Waals surface area (Å²) in [5.41, 5.74) is 2.66. The van der Waals surface area contributed by atoms with Crippen molar-refractivity contribution in [2.75, 3.05) is 0 Å². The topological polar surface area (TPSA) is 105 Å². The molecule has 2 aromatic rings. The summed E-state index contributed by atoms with van der Waals surface area (Å²) in [6.45, 7) is -0.447. The SMILES string of the molecule is NC(CC=NCc1ccc(C(=O)O)cc1C(F)(F)F)=NC(=O)c1c(F)cccc1F. The van der Waals surface area contributed by atoms with E-state index in [0.717, 1.165) is 36.5 Å². The van der Waals surface area contributed by atoms with E-state index in [1.807, 2.05) is 0 Å². The zero-order valence-electron chi connectivity index (χ0n) is 15.1. The highest BCUT2D eigenvalue weighted by molar-refractivity contribution is 6.05. The number of nitrogens with zero attached hydrogens (tertiary/aromatic N) is 2. The summed E-state index contributed by atoms with van der Waals surface area (Å²) >= 11 is 0. The van der Waals surface area contributed by atoms with E-state index < -0.39 is 52.9 Å². The first-order chi connectivity index (χ1) is 14.0. The Morgan fingerprint density at radius 1 is 1.10 bits per heavy atom. The minimum Gasteiger partial charge on any atom is -0.478 e. The average Bonchev–Trinajstić information content (AvgIpc) is 2.64. The first-order valence-electron chi connectivity index (χ1n) is 8.23. The quantitative estimate of drug-likeness (QED) is 0.415. The lowest BCUT2D eigenvalue weighted by Gasteiger charge is -2.12. The second-order valence-corrected chi connectivity index (χ2v) is 5.91. The zero-order chi connectivity index (χ0) is 22.5. The predicted molar refractivity (Wildman–Crippen MR) is 97.5 cm³/mol. The highest BCUT2D eigenvalue weighted by atomic mass is 19.4. The molecule has 6 nitrogen and oxygen atoms in total. The molecule has 1 amide bonds. The number of hydrogen-bond acceptors (Lipinski definition) is 3. The highest BCUT2D eigenvalue weighted by Crippen LogP contribution is 2.33. The molecule has 0 aliphatic rings. The number of rotatable bonds is 6. The summed E-state index contributed by atoms with van der Waals surface area (Å²) in [5, 5.41) is 8.83. The van der Waals surface area contributed by atoms with E-state index in [1.165, 1.54) is 0 Å². The fourth-order valence-electron chi connectivity index (χ4n) is 2.37. The van der Waals surface area contributed by atoms with E-state index in [0.29, 0.717) is 6.07 Å². The molecule has 0 heterocycles. The monoisotopic (exact) mass is 427 g/mol. The number of hydrogen-bond donors (Lipinski definition) is 2. The molecule has 2 rings (SSSR count). The first-order valence-corrected chi connectivity index (χ1v) is 8.23. The smallest absolute Gasteiger partial charge is 0.416 e. The Bertz CT molecular complexity index is 1010. The van der Waals surface area contributed by atoms with Gasteiger partial charge in [0.2, 0.25) is 0 Å². The van der Waals surface area contributed by atoms with Gasteiger partial charge in [-0.05, 0) is 29.8 Å². The van der Waals surface area contributed by atoms with Gasteiger partial charge in [0.25, 0.3) is 5.91 Å². The summed E-state index contributed by atoms with van der Waals surface area (Å²) in [6.07, 6.45) is -3.97. The van der Waals surface area contributed by atoms with Crippen LogP contribution < -0.4 is 5.73 Å². The van der Waals surface area contributed by atoms with Crippen molar-refractivity contribution in [1.82, 2.24) is 0 Å². The normalized spacial score (nSPS) is 12.4. The number of halogens is 5. The molecule has 158 valence electrons. The third-order valence-corrected chi connectivity index (χ3v) is 3.78. The Morgan fingerprint density at radius 2 is 1.73 bits per heavy atom. The number of carboxylic acids is 1. The van der Waals surface area contributed by atoms with Crippen LogP contribution in [0.25, 0.3) is 0 Å². The van der Waals surface area contributed by atoms with Crippen molar-refractivity contribution < 1.29 is 36.6 Å². The van der Waals surface area contributed by atoms with Crippen LogP contribution in [0.2, 0.25) is 0 Å². The first kappa shape index (κ1) is 22.7. The van der Waals surface area contributed by atoms with Gasteiger partial charge in [0.1, 0.15) is 23.0 Å². The van der Waals surface area contributed by atoms with Crippen LogP contribution in [-0.4, -0.2) is 29.0 Å². The Labute approximate surface area is 166 Å². The molecule has 3 N–H and O–H groups in total. The number of benzene rings is 2. The molecule has 0 bridgehead atoms. The van der Waals surface area contributed by atoms with E-state index in [1.54, 1.807) is 0 Å². The van der Waals surface area contributed by atoms with Crippen LogP contribution in [0.3, 0.4) is 0 Å². The second-order valence-electron chi connectivity index (χ2n) is 5.91. The maximum absolute atomic E-state index is 13.5. The van der Waals surface area contributed by atoms with Gasteiger partial charge in [-0.25, -0.2) is 13.6 Å². The van der Waals surface area contributed by atoms with Crippen molar-refractivity contribution in [3.8, 4) is 0 Å². The van der Waals surface area contributed by atoms with Gasteiger partial charge in [0, 0.05) is 12.6 Å². The van der Waals surface area contributed by atoms with Gasteiger partial charge >= 0.3 is 12.1 Å². The fraction of sp³-hybridized carbons (Fsp3) is 0.158. The predicted octanol–water partition coefficient (Wildman–Crippen LogP) is 3.84. The Hall–Kier alpha value is -3.63. The number of aliphatic imine (C=N–C) groups is 2. The Balaban J connectivity index is 2.10. The van der Waals surface area contributed by atoms with Crippen molar-refractivity contribution in [3.05, 3.63) is 70.3 Å². The summed E-state index contributed by atoms with van der Waals surface area (Å²) in [4.78, 5) is 29.8. The van der Waals surface area contributed by atoms with Crippen LogP contribution in [0.4, 0.5) is 22.0 Å². The lowest BCUT2D eigenvalue weighted by atomic mass is 10.0. The van der Waals surface area contributed by atoms with Crippen molar-refractivity contribution >= 4 is 23.9 Å². The molecule has 0 atom stereocenters. The van der Waals surface area contributed by atoms with Gasteiger partial charge in [-0.1, -0.05) is 12.1 Å². The molecule has 2 aromatic carbocycles. The van der Waals surface area contributed by atoms with E-state index in [9.17, 15) is 31.5 Å². The molecular weight excluding hydrogens is 413 g/mol. The summed E-state index contributed by atoms with van der Waals surface area (Å²) < 4.78 is 66.4. The molecular formula is C19H14F5N3O3. The Morgan fingerprint density at radius 3 is 2.30 bits per heavy atom. The van der Waals surface area contributed by atoms with Gasteiger partial charge in [-0.3, -0.25) is 9.79 Å². The lowest BCUT2D eigenvalue weighted by Crippen LogP contribution is -2.16. The molecule has 0 aliphatic heterocycles. The number of nitrogens with two attached hydrogens (primary N) is 1. The molecule has 0 saturated heterocycles. The number of aromatic carboxylic acids is 1. The number of alkyl halides is 3. The van der Waals surface area contributed by atoms with Gasteiger partial charge < -0.3 is 10.8 Å². The molecule has 0 aromatic heterocycles. The molecule has 0 fully saturated rings. The fourth-order valence-corrected chi connectivity index (χ4v) is 2.37. The molecule has 0 unspecified atom stereocenters. The van der Waals surface area contributed by atoms with Gasteiger partial charge in [0.15, 0.2) is 0 Å². The molecule has 0 saturated carbocycles. The number of carbonyl (C=O) groups excluding carboxylic acids is 1. The summed E-state index contributed by atoms with van der Waals surface area (Å²) in [6, 6.07) is 5.32. The number of amidine groups is 1. The number of carboxylic acid groups (broad SMARTS) is 1. The molecule has 11 heteroatoms. The summed E-state index contributed by atoms with van der Waals surface area (Å²) in [5.74, 6) is -5.34. The number of carbonyl (C=O) groups is 2. The largest absolute Gasteiger partial charge is 0.478 e. The van der Waals surface area contributed by atoms with Crippen LogP contribution in [0.5, 0.6) is 0 Å². The van der Waals surface area contributed by atoms with E-state index >= 15 is 0 Å². The van der Waals surface area contributed by atoms with E-state index in [2.05, 4.69) is 9.98 Å². The maximum Gasteiger partial charge on any atom is 0.416 e. The minimum atomic E-state index is -4.78. The van der Waals surface area contributed by atoms with Crippen LogP contribution in [-0.2, 0) is 12.7 Å². The third-order valence-electron chi connectivity index (χ3n) is 3.78. The molecule has 0 spiro atoms. The van der Waals surface area contributed by atoms with Crippen LogP contribution in [0, 0.1) is 11.6 Å². The van der Waals surface area contributed by atoms with Crippen molar-refractivity contribution in [3.63, 3.8) is 0 Å². The second kappa shape index (κ2) is 9.25. The minimum absolute atomic E-state index is 0.267. The van der Waals surface area contributed by atoms with E-state index in [4.69, 9.17) is 10.8 Å². The standard InChI is InChI=1S/C19H14F5N3O3/c20-13-2-1-3-14(21)16(13)17(28)27-15(25)6-7-26-9-11-5-4-10(18(29)30)8-12(11)19(22,23)24/h1-5,7-8H,6,9H2,(H,29,30)(H2,25,27,28). The van der Waals surface area contributed by atoms with Crippen molar-refractivity contribution in [2.45, 2.75) is 19.1 Å². The van der Waals surface area contributed by atoms with Crippen molar-refractivity contribution in [1.29, 1.82) is 0 Å². The highest BCUT2D eigenvalue weighted by Gasteiger charge is 2.33. The van der Waals surface area contributed by atoms with Gasteiger partial charge in [-0.15, -0.1) is 0 Å². The maximum atomic E-state index is 13.5. The Kier molecular flexibility index (Phi) is 6.98. The van der Waals surface area contributed by atoms with Gasteiger partial charge in [0.05, 0.1) is 17.7 Å². The van der Waals surface area contributed by atoms with Gasteiger partial charge in [-0.2, -0.15) is 18.2 Å². The molecule has 0 aliphatic carbocycles. The van der Waals surface area contributed by atoms with Crippen LogP contribution >= 0.6 is 0 Å². The summed E-state index contributed by atoms with van der Waals surface area (Å²) in [7, 11) is 0. The molecule has 30 heavy (non-hydrogen) atoms. The molecule has 0 radical (unpaired) electrons. The van der Waals surface area contributed by atoms with Crippen molar-refractivity contribution in [2.24, 2.45) is 15.7 Å². The lowest BCUT2D eigenvalue weighted by molar-refractivity contribution is -0.138.